The van der Waals surface area contributed by atoms with E-state index in [-0.39, 0.29) is 35.2 Å². The predicted molar refractivity (Wildman–Crippen MR) is 109 cm³/mol. The SMILES string of the molecule is C[C@@H]1C[C@H](NS(=O)(=O)CC2CCCCO2)C[C@@H]1C(=N)n1c(=N)cnc2[nH]ccc21. The minimum absolute atomic E-state index is 0.0000604. The molecule has 158 valence electrons. The van der Waals surface area contributed by atoms with Crippen LogP contribution in [0.2, 0.25) is 0 Å². The first-order valence-electron chi connectivity index (χ1n) is 10.1. The van der Waals surface area contributed by atoms with E-state index in [0.717, 1.165) is 19.3 Å². The Balaban J connectivity index is 1.47. The Kier molecular flexibility index (Phi) is 5.58. The molecule has 2 aromatic rings. The number of aromatic nitrogens is 3. The van der Waals surface area contributed by atoms with Crippen LogP contribution in [0, 0.1) is 22.7 Å². The van der Waals surface area contributed by atoms with Crippen LogP contribution >= 0.6 is 0 Å². The average Bonchev–Trinajstić information content (AvgIpc) is 3.27. The van der Waals surface area contributed by atoms with Crippen molar-refractivity contribution in [3.8, 4) is 0 Å². The van der Waals surface area contributed by atoms with Crippen LogP contribution in [-0.4, -0.2) is 53.3 Å². The molecule has 4 atom stereocenters. The molecular weight excluding hydrogens is 392 g/mol. The van der Waals surface area contributed by atoms with E-state index in [1.165, 1.54) is 6.20 Å². The molecule has 0 spiro atoms. The van der Waals surface area contributed by atoms with E-state index in [2.05, 4.69) is 14.7 Å². The molecular formula is C19H28N6O3S. The van der Waals surface area contributed by atoms with Crippen LogP contribution in [0.25, 0.3) is 11.2 Å². The summed E-state index contributed by atoms with van der Waals surface area (Å²) < 4.78 is 35.2. The average molecular weight is 421 g/mol. The summed E-state index contributed by atoms with van der Waals surface area (Å²) in [6.07, 6.45) is 6.94. The van der Waals surface area contributed by atoms with Crippen molar-refractivity contribution in [1.29, 1.82) is 10.8 Å². The van der Waals surface area contributed by atoms with Gasteiger partial charge in [-0.05, 0) is 44.1 Å². The molecule has 9 nitrogen and oxygen atoms in total. The zero-order valence-electron chi connectivity index (χ0n) is 16.5. The van der Waals surface area contributed by atoms with E-state index in [1.807, 2.05) is 6.92 Å². The quantitative estimate of drug-likeness (QED) is 0.431. The highest BCUT2D eigenvalue weighted by atomic mass is 32.2. The molecule has 1 saturated carbocycles. The molecule has 2 fully saturated rings. The lowest BCUT2D eigenvalue weighted by Crippen LogP contribution is -2.40. The second kappa shape index (κ2) is 8.00. The maximum atomic E-state index is 12.6. The molecule has 29 heavy (non-hydrogen) atoms. The molecule has 10 heteroatoms. The molecule has 3 heterocycles. The summed E-state index contributed by atoms with van der Waals surface area (Å²) in [7, 11) is -3.44. The summed E-state index contributed by atoms with van der Waals surface area (Å²) >= 11 is 0. The van der Waals surface area contributed by atoms with Gasteiger partial charge in [0.15, 0.2) is 5.65 Å². The van der Waals surface area contributed by atoms with Gasteiger partial charge in [-0.3, -0.25) is 15.4 Å². The summed E-state index contributed by atoms with van der Waals surface area (Å²) in [4.78, 5) is 7.19. The fraction of sp³-hybridized carbons (Fsp3) is 0.632. The van der Waals surface area contributed by atoms with Gasteiger partial charge in [-0.2, -0.15) is 0 Å². The molecule has 4 rings (SSSR count). The molecule has 2 aliphatic rings. The number of nitrogens with zero attached hydrogens (tertiary/aromatic N) is 2. The van der Waals surface area contributed by atoms with Crippen molar-refractivity contribution < 1.29 is 13.2 Å². The monoisotopic (exact) mass is 420 g/mol. The third kappa shape index (κ3) is 4.29. The van der Waals surface area contributed by atoms with Gasteiger partial charge in [0.05, 0.1) is 23.6 Å². The lowest BCUT2D eigenvalue weighted by Gasteiger charge is -2.23. The minimum Gasteiger partial charge on any atom is -0.377 e. The summed E-state index contributed by atoms with van der Waals surface area (Å²) in [5.74, 6) is 0.310. The second-order valence-electron chi connectivity index (χ2n) is 8.22. The molecule has 0 amide bonds. The maximum Gasteiger partial charge on any atom is 0.214 e. The van der Waals surface area contributed by atoms with Crippen LogP contribution in [-0.2, 0) is 14.8 Å². The van der Waals surface area contributed by atoms with Gasteiger partial charge in [0.25, 0.3) is 0 Å². The summed E-state index contributed by atoms with van der Waals surface area (Å²) in [5.41, 5.74) is 1.46. The maximum absolute atomic E-state index is 12.6. The first-order chi connectivity index (χ1) is 13.8. The smallest absolute Gasteiger partial charge is 0.214 e. The Hall–Kier alpha value is -2.04. The first-order valence-corrected chi connectivity index (χ1v) is 11.8. The molecule has 0 aromatic carbocycles. The van der Waals surface area contributed by atoms with E-state index in [9.17, 15) is 8.42 Å². The van der Waals surface area contributed by atoms with Gasteiger partial charge >= 0.3 is 0 Å². The van der Waals surface area contributed by atoms with E-state index in [0.29, 0.717) is 36.4 Å². The molecule has 0 bridgehead atoms. The molecule has 1 unspecified atom stereocenters. The Labute approximate surface area is 169 Å². The topological polar surface area (TPSA) is 137 Å². The van der Waals surface area contributed by atoms with E-state index >= 15 is 0 Å². The Morgan fingerprint density at radius 2 is 2.24 bits per heavy atom. The van der Waals surface area contributed by atoms with E-state index in [1.54, 1.807) is 16.8 Å². The summed E-state index contributed by atoms with van der Waals surface area (Å²) in [5, 5.41) is 17.0. The number of aromatic amines is 1. The van der Waals surface area contributed by atoms with Crippen molar-refractivity contribution >= 4 is 27.0 Å². The van der Waals surface area contributed by atoms with Gasteiger partial charge in [-0.1, -0.05) is 6.92 Å². The normalized spacial score (nSPS) is 28.0. The lowest BCUT2D eigenvalue weighted by atomic mass is 9.96. The number of hydrogen-bond donors (Lipinski definition) is 4. The fourth-order valence-electron chi connectivity index (χ4n) is 4.59. The van der Waals surface area contributed by atoms with E-state index in [4.69, 9.17) is 15.6 Å². The Morgan fingerprint density at radius 1 is 1.41 bits per heavy atom. The number of ether oxygens (including phenoxy) is 1. The van der Waals surface area contributed by atoms with Gasteiger partial charge in [0.1, 0.15) is 11.3 Å². The molecule has 1 saturated heterocycles. The van der Waals surface area contributed by atoms with E-state index < -0.39 is 10.0 Å². The number of rotatable bonds is 5. The van der Waals surface area contributed by atoms with Gasteiger partial charge < -0.3 is 9.72 Å². The molecule has 0 radical (unpaired) electrons. The highest BCUT2D eigenvalue weighted by Gasteiger charge is 2.37. The van der Waals surface area contributed by atoms with Gasteiger partial charge in [-0.25, -0.2) is 18.1 Å². The predicted octanol–water partition coefficient (Wildman–Crippen LogP) is 1.57. The third-order valence-electron chi connectivity index (χ3n) is 6.00. The van der Waals surface area contributed by atoms with Crippen molar-refractivity contribution in [2.45, 2.75) is 51.2 Å². The number of H-pyrrole nitrogens is 1. The highest BCUT2D eigenvalue weighted by Crippen LogP contribution is 2.33. The highest BCUT2D eigenvalue weighted by molar-refractivity contribution is 7.89. The first kappa shape index (κ1) is 20.2. The standard InChI is InChI=1S/C19H28N6O3S/c1-12-8-13(24-29(26,27)11-14-4-2-3-7-28-14)9-15(12)18(21)25-16-5-6-22-19(16)23-10-17(25)20/h5-6,10,12-15,20-22,24H,2-4,7-9,11H2,1H3/t12-,13+,14?,15+/m1/s1. The van der Waals surface area contributed by atoms with Crippen LogP contribution in [0.1, 0.15) is 39.0 Å². The third-order valence-corrected chi connectivity index (χ3v) is 7.50. The fourth-order valence-corrected chi connectivity index (χ4v) is 6.13. The zero-order valence-corrected chi connectivity index (χ0v) is 17.3. The van der Waals surface area contributed by atoms with Crippen LogP contribution in [0.15, 0.2) is 18.5 Å². The van der Waals surface area contributed by atoms with Crippen LogP contribution in [0.5, 0.6) is 0 Å². The van der Waals surface area contributed by atoms with Gasteiger partial charge in [0, 0.05) is 24.8 Å². The zero-order chi connectivity index (χ0) is 20.6. The molecule has 1 aliphatic carbocycles. The molecule has 4 N–H and O–H groups in total. The molecule has 2 aromatic heterocycles. The number of hydrogen-bond acceptors (Lipinski definition) is 6. The largest absolute Gasteiger partial charge is 0.377 e. The van der Waals surface area contributed by atoms with Crippen LogP contribution < -0.4 is 10.2 Å². The Bertz CT molecular complexity index is 1050. The Morgan fingerprint density at radius 3 is 3.00 bits per heavy atom. The van der Waals surface area contributed by atoms with Crippen molar-refractivity contribution in [3.63, 3.8) is 0 Å². The second-order valence-corrected chi connectivity index (χ2v) is 10.0. The van der Waals surface area contributed by atoms with Crippen molar-refractivity contribution in [3.05, 3.63) is 23.9 Å². The lowest BCUT2D eigenvalue weighted by molar-refractivity contribution is 0.0303. The van der Waals surface area contributed by atoms with Crippen molar-refractivity contribution in [2.75, 3.05) is 12.4 Å². The summed E-state index contributed by atoms with van der Waals surface area (Å²) in [6, 6.07) is 1.60. The number of sulfonamides is 1. The van der Waals surface area contributed by atoms with Crippen molar-refractivity contribution in [1.82, 2.24) is 19.3 Å². The minimum atomic E-state index is -3.44. The molecule has 1 aliphatic heterocycles. The summed E-state index contributed by atoms with van der Waals surface area (Å²) in [6.45, 7) is 2.67. The van der Waals surface area contributed by atoms with Crippen LogP contribution in [0.3, 0.4) is 0 Å². The number of fused-ring (bicyclic) bond motifs is 1. The van der Waals surface area contributed by atoms with Gasteiger partial charge in [0.2, 0.25) is 10.0 Å². The van der Waals surface area contributed by atoms with Crippen LogP contribution in [0.4, 0.5) is 0 Å². The van der Waals surface area contributed by atoms with Gasteiger partial charge in [-0.15, -0.1) is 0 Å². The number of nitrogens with one attached hydrogen (secondary N) is 4. The van der Waals surface area contributed by atoms with Crippen molar-refractivity contribution in [2.24, 2.45) is 11.8 Å².